The Hall–Kier alpha value is 0.177. The average molecular weight is 198 g/mol. The van der Waals surface area contributed by atoms with Crippen LogP contribution in [0.3, 0.4) is 0 Å². The molecule has 0 aromatic rings. The molecule has 1 aliphatic heterocycles. The number of hydrogen-bond acceptors (Lipinski definition) is 1. The van der Waals surface area contributed by atoms with E-state index in [1.807, 2.05) is 0 Å². The first kappa shape index (κ1) is 9.72. The summed E-state index contributed by atoms with van der Waals surface area (Å²) >= 11 is 0. The van der Waals surface area contributed by atoms with E-state index < -0.39 is 8.07 Å². The molecular formula is C11H22OSi. The van der Waals surface area contributed by atoms with Crippen molar-refractivity contribution in [3.63, 3.8) is 0 Å². The minimum atomic E-state index is -1.05. The van der Waals surface area contributed by atoms with Gasteiger partial charge in [-0.3, -0.25) is 0 Å². The molecule has 0 aromatic heterocycles. The average Bonchev–Trinajstić information content (AvgIpc) is 2.45. The highest BCUT2D eigenvalue weighted by atomic mass is 28.3. The Bertz CT molecular complexity index is 185. The van der Waals surface area contributed by atoms with Gasteiger partial charge in [-0.05, 0) is 24.7 Å². The summed E-state index contributed by atoms with van der Waals surface area (Å²) < 4.78 is 6.03. The summed E-state index contributed by atoms with van der Waals surface area (Å²) in [6, 6.07) is 0. The van der Waals surface area contributed by atoms with Crippen molar-refractivity contribution in [1.82, 2.24) is 0 Å². The van der Waals surface area contributed by atoms with Crippen molar-refractivity contribution >= 4 is 8.07 Å². The van der Waals surface area contributed by atoms with E-state index in [0.29, 0.717) is 5.73 Å². The molecule has 1 nitrogen and oxygen atoms in total. The van der Waals surface area contributed by atoms with Crippen LogP contribution in [0.25, 0.3) is 0 Å². The first-order valence-corrected chi connectivity index (χ1v) is 9.28. The van der Waals surface area contributed by atoms with Crippen LogP contribution in [-0.2, 0) is 4.74 Å². The van der Waals surface area contributed by atoms with Crippen LogP contribution in [0.2, 0.25) is 19.6 Å². The first-order valence-electron chi connectivity index (χ1n) is 5.70. The number of hydrogen-bond donors (Lipinski definition) is 0. The van der Waals surface area contributed by atoms with Gasteiger partial charge in [-0.1, -0.05) is 32.5 Å². The maximum Gasteiger partial charge on any atom is 0.0789 e. The summed E-state index contributed by atoms with van der Waals surface area (Å²) in [6.07, 6.45) is 5.78. The van der Waals surface area contributed by atoms with Crippen molar-refractivity contribution in [2.45, 2.75) is 51.1 Å². The first-order chi connectivity index (χ1) is 6.09. The van der Waals surface area contributed by atoms with Crippen LogP contribution in [-0.4, -0.2) is 20.4 Å². The molecule has 1 aliphatic carbocycles. The summed E-state index contributed by atoms with van der Waals surface area (Å²) in [5, 5.41) is 0. The largest absolute Gasteiger partial charge is 0.381 e. The third-order valence-corrected chi connectivity index (χ3v) is 6.00. The molecule has 1 heterocycles. The Kier molecular flexibility index (Phi) is 2.54. The van der Waals surface area contributed by atoms with Gasteiger partial charge in [0.05, 0.1) is 13.8 Å². The van der Waals surface area contributed by atoms with E-state index in [0.717, 1.165) is 18.4 Å². The summed E-state index contributed by atoms with van der Waals surface area (Å²) in [5.41, 5.74) is 0.665. The van der Waals surface area contributed by atoms with Gasteiger partial charge in [0.15, 0.2) is 0 Å². The maximum absolute atomic E-state index is 6.03. The molecule has 1 saturated heterocycles. The van der Waals surface area contributed by atoms with E-state index in [9.17, 15) is 0 Å². The topological polar surface area (TPSA) is 9.23 Å². The molecule has 13 heavy (non-hydrogen) atoms. The lowest BCUT2D eigenvalue weighted by atomic mass is 9.82. The van der Waals surface area contributed by atoms with Crippen LogP contribution in [0.4, 0.5) is 0 Å². The Morgan fingerprint density at radius 1 is 1.08 bits per heavy atom. The lowest BCUT2D eigenvalue weighted by molar-refractivity contribution is 0.141. The summed E-state index contributed by atoms with van der Waals surface area (Å²) in [7, 11) is -1.05. The van der Waals surface area contributed by atoms with E-state index in [-0.39, 0.29) is 0 Å². The van der Waals surface area contributed by atoms with E-state index in [1.54, 1.807) is 0 Å². The van der Waals surface area contributed by atoms with Crippen LogP contribution in [0.1, 0.15) is 25.7 Å². The standard InChI is InChI=1S/C11H22OSi/c1-13(2,3)11-10-7-5-4-6-9(10)8-12-11/h9-11H,4-8H2,1-3H3. The van der Waals surface area contributed by atoms with Crippen molar-refractivity contribution in [3.8, 4) is 0 Å². The Labute approximate surface area is 82.9 Å². The van der Waals surface area contributed by atoms with Crippen molar-refractivity contribution in [1.29, 1.82) is 0 Å². The predicted octanol–water partition coefficient (Wildman–Crippen LogP) is 3.07. The monoisotopic (exact) mass is 198 g/mol. The molecule has 2 fully saturated rings. The Morgan fingerprint density at radius 2 is 1.77 bits per heavy atom. The molecule has 0 radical (unpaired) electrons. The van der Waals surface area contributed by atoms with Crippen molar-refractivity contribution in [2.24, 2.45) is 11.8 Å². The molecule has 0 N–H and O–H groups in total. The highest BCUT2D eigenvalue weighted by molar-refractivity contribution is 6.77. The summed E-state index contributed by atoms with van der Waals surface area (Å²) in [5.74, 6) is 1.85. The van der Waals surface area contributed by atoms with E-state index >= 15 is 0 Å². The van der Waals surface area contributed by atoms with Gasteiger partial charge in [-0.15, -0.1) is 0 Å². The zero-order chi connectivity index (χ0) is 9.47. The van der Waals surface area contributed by atoms with Crippen molar-refractivity contribution < 1.29 is 4.74 Å². The minimum absolute atomic E-state index is 0.665. The SMILES string of the molecule is C[Si](C)(C)C1OCC2CCCCC21. The van der Waals surface area contributed by atoms with Gasteiger partial charge in [-0.2, -0.15) is 0 Å². The fraction of sp³-hybridized carbons (Fsp3) is 1.00. The lowest BCUT2D eigenvalue weighted by Crippen LogP contribution is -2.43. The quantitative estimate of drug-likeness (QED) is 0.588. The fourth-order valence-electron chi connectivity index (χ4n) is 3.08. The molecule has 0 bridgehead atoms. The van der Waals surface area contributed by atoms with Gasteiger partial charge >= 0.3 is 0 Å². The Balaban J connectivity index is 2.07. The van der Waals surface area contributed by atoms with E-state index in [4.69, 9.17) is 4.74 Å². The van der Waals surface area contributed by atoms with Crippen molar-refractivity contribution in [3.05, 3.63) is 0 Å². The maximum atomic E-state index is 6.03. The van der Waals surface area contributed by atoms with E-state index in [1.165, 1.54) is 25.7 Å². The van der Waals surface area contributed by atoms with E-state index in [2.05, 4.69) is 19.6 Å². The van der Waals surface area contributed by atoms with Crippen LogP contribution in [0.15, 0.2) is 0 Å². The van der Waals surface area contributed by atoms with Crippen molar-refractivity contribution in [2.75, 3.05) is 6.61 Å². The Morgan fingerprint density at radius 3 is 2.46 bits per heavy atom. The van der Waals surface area contributed by atoms with Gasteiger partial charge in [-0.25, -0.2) is 0 Å². The minimum Gasteiger partial charge on any atom is -0.381 e. The molecule has 76 valence electrons. The third-order valence-electron chi connectivity index (χ3n) is 3.70. The second kappa shape index (κ2) is 3.39. The van der Waals surface area contributed by atoms with Gasteiger partial charge in [0.2, 0.25) is 0 Å². The van der Waals surface area contributed by atoms with Crippen LogP contribution in [0.5, 0.6) is 0 Å². The second-order valence-electron chi connectivity index (χ2n) is 5.83. The normalized spacial score (nSPS) is 40.4. The lowest BCUT2D eigenvalue weighted by Gasteiger charge is -2.33. The molecule has 3 unspecified atom stereocenters. The zero-order valence-electron chi connectivity index (χ0n) is 9.18. The van der Waals surface area contributed by atoms with Crippen LogP contribution >= 0.6 is 0 Å². The number of fused-ring (bicyclic) bond motifs is 1. The molecule has 2 heteroatoms. The number of ether oxygens (including phenoxy) is 1. The highest BCUT2D eigenvalue weighted by Gasteiger charge is 2.44. The molecule has 1 saturated carbocycles. The van der Waals surface area contributed by atoms with Gasteiger partial charge in [0.1, 0.15) is 0 Å². The van der Waals surface area contributed by atoms with Gasteiger partial charge in [0.25, 0.3) is 0 Å². The highest BCUT2D eigenvalue weighted by Crippen LogP contribution is 2.41. The molecule has 2 aliphatic rings. The predicted molar refractivity (Wildman–Crippen MR) is 58.5 cm³/mol. The van der Waals surface area contributed by atoms with Crippen LogP contribution < -0.4 is 0 Å². The molecule has 0 spiro atoms. The van der Waals surface area contributed by atoms with Gasteiger partial charge in [0, 0.05) is 6.61 Å². The molecular weight excluding hydrogens is 176 g/mol. The molecule has 0 aromatic carbocycles. The smallest absolute Gasteiger partial charge is 0.0789 e. The second-order valence-corrected chi connectivity index (χ2v) is 11.1. The van der Waals surface area contributed by atoms with Gasteiger partial charge < -0.3 is 4.74 Å². The summed E-state index contributed by atoms with van der Waals surface area (Å²) in [6.45, 7) is 8.43. The molecule has 0 amide bonds. The van der Waals surface area contributed by atoms with Crippen LogP contribution in [0, 0.1) is 11.8 Å². The summed E-state index contributed by atoms with van der Waals surface area (Å²) in [4.78, 5) is 0. The third kappa shape index (κ3) is 1.84. The zero-order valence-corrected chi connectivity index (χ0v) is 10.2. The fourth-order valence-corrected chi connectivity index (χ4v) is 5.40. The number of rotatable bonds is 1. The molecule has 3 atom stereocenters. The molecule has 2 rings (SSSR count).